The Morgan fingerprint density at radius 1 is 1.38 bits per heavy atom. The highest BCUT2D eigenvalue weighted by Gasteiger charge is 2.09. The molecular weight excluding hydrogens is 208 g/mol. The van der Waals surface area contributed by atoms with Crippen molar-refractivity contribution < 1.29 is 9.59 Å². The number of hydrogen-bond donors (Lipinski definition) is 2. The van der Waals surface area contributed by atoms with Gasteiger partial charge < -0.3 is 5.32 Å². The Morgan fingerprint density at radius 2 is 2.00 bits per heavy atom. The van der Waals surface area contributed by atoms with Gasteiger partial charge >= 0.3 is 0 Å². The number of hydrazine groups is 1. The molecule has 0 fully saturated rings. The molecule has 0 saturated carbocycles. The highest BCUT2D eigenvalue weighted by molar-refractivity contribution is 5.97. The summed E-state index contributed by atoms with van der Waals surface area (Å²) in [5.74, 6) is -0.0748. The minimum atomic E-state index is -0.378. The molecular formula is C10H18N4O2. The van der Waals surface area contributed by atoms with Crippen molar-refractivity contribution in [3.63, 3.8) is 0 Å². The lowest BCUT2D eigenvalue weighted by Gasteiger charge is -2.18. The summed E-state index contributed by atoms with van der Waals surface area (Å²) in [6.45, 7) is 3.60. The first-order chi connectivity index (χ1) is 7.51. The van der Waals surface area contributed by atoms with Crippen LogP contribution in [0.3, 0.4) is 0 Å². The summed E-state index contributed by atoms with van der Waals surface area (Å²) in [7, 11) is 3.14. The molecule has 16 heavy (non-hydrogen) atoms. The summed E-state index contributed by atoms with van der Waals surface area (Å²) >= 11 is 0. The molecule has 0 radical (unpaired) electrons. The number of carbonyl (C=O) groups is 2. The first kappa shape index (κ1) is 14.2. The highest BCUT2D eigenvalue weighted by atomic mass is 16.2. The fraction of sp³-hybridized carbons (Fsp3) is 0.500. The van der Waals surface area contributed by atoms with Gasteiger partial charge in [0, 0.05) is 20.3 Å². The van der Waals surface area contributed by atoms with Crippen molar-refractivity contribution in [3.8, 4) is 0 Å². The minimum Gasteiger partial charge on any atom is -0.359 e. The topological polar surface area (TPSA) is 73.8 Å². The zero-order chi connectivity index (χ0) is 12.6. The van der Waals surface area contributed by atoms with Gasteiger partial charge in [0.1, 0.15) is 12.3 Å². The van der Waals surface area contributed by atoms with Gasteiger partial charge in [-0.1, -0.05) is 6.08 Å². The molecule has 0 bridgehead atoms. The molecule has 2 N–H and O–H groups in total. The van der Waals surface area contributed by atoms with Crippen molar-refractivity contribution in [3.05, 3.63) is 12.3 Å². The third kappa shape index (κ3) is 5.79. The van der Waals surface area contributed by atoms with Crippen LogP contribution in [0.25, 0.3) is 0 Å². The molecule has 90 valence electrons. The lowest BCUT2D eigenvalue weighted by Crippen LogP contribution is -2.43. The highest BCUT2D eigenvalue weighted by Crippen LogP contribution is 1.87. The van der Waals surface area contributed by atoms with Gasteiger partial charge in [0.15, 0.2) is 0 Å². The van der Waals surface area contributed by atoms with Crippen molar-refractivity contribution in [2.75, 3.05) is 14.1 Å². The molecule has 6 heteroatoms. The number of allylic oxidation sites excluding steroid dienone is 1. The molecule has 0 spiro atoms. The quantitative estimate of drug-likeness (QED) is 0.309. The lowest BCUT2D eigenvalue weighted by molar-refractivity contribution is -0.130. The van der Waals surface area contributed by atoms with E-state index in [0.717, 1.165) is 0 Å². The summed E-state index contributed by atoms with van der Waals surface area (Å²) in [6, 6.07) is 0. The number of hydrogen-bond acceptors (Lipinski definition) is 3. The molecule has 2 amide bonds. The minimum absolute atomic E-state index is 0.197. The molecule has 0 aliphatic carbocycles. The molecule has 0 aromatic carbocycles. The van der Waals surface area contributed by atoms with E-state index in [4.69, 9.17) is 0 Å². The summed E-state index contributed by atoms with van der Waals surface area (Å²) < 4.78 is 0. The van der Waals surface area contributed by atoms with Crippen LogP contribution in [0.4, 0.5) is 0 Å². The maximum atomic E-state index is 11.3. The van der Waals surface area contributed by atoms with Gasteiger partial charge in [-0.05, 0) is 13.8 Å². The molecule has 0 aliphatic rings. The molecule has 6 nitrogen and oxygen atoms in total. The Bertz CT molecular complexity index is 310. The Morgan fingerprint density at radius 3 is 2.50 bits per heavy atom. The molecule has 0 aliphatic heterocycles. The van der Waals surface area contributed by atoms with Gasteiger partial charge in [0.2, 0.25) is 11.8 Å². The second-order valence-electron chi connectivity index (χ2n) is 3.10. The van der Waals surface area contributed by atoms with E-state index in [2.05, 4.69) is 15.7 Å². The van der Waals surface area contributed by atoms with Crippen LogP contribution >= 0.6 is 0 Å². The van der Waals surface area contributed by atoms with E-state index in [1.165, 1.54) is 12.1 Å². The summed E-state index contributed by atoms with van der Waals surface area (Å²) in [6.07, 6.45) is 3.21. The average molecular weight is 226 g/mol. The number of amidine groups is 1. The van der Waals surface area contributed by atoms with Gasteiger partial charge in [0.05, 0.1) is 0 Å². The fourth-order valence-corrected chi connectivity index (χ4v) is 0.811. The summed E-state index contributed by atoms with van der Waals surface area (Å²) in [5.41, 5.74) is 2.52. The molecule has 0 aromatic heterocycles. The third-order valence-electron chi connectivity index (χ3n) is 1.79. The summed E-state index contributed by atoms with van der Waals surface area (Å²) in [4.78, 5) is 26.3. The third-order valence-corrected chi connectivity index (χ3v) is 1.79. The second kappa shape index (κ2) is 7.44. The van der Waals surface area contributed by atoms with Crippen LogP contribution in [0.1, 0.15) is 20.3 Å². The number of carbonyl (C=O) groups excluding carboxylic acids is 2. The van der Waals surface area contributed by atoms with E-state index in [0.29, 0.717) is 5.84 Å². The number of amides is 2. The molecule has 0 atom stereocenters. The zero-order valence-electron chi connectivity index (χ0n) is 10.1. The van der Waals surface area contributed by atoms with Crippen molar-refractivity contribution in [2.24, 2.45) is 4.99 Å². The molecule has 0 unspecified atom stereocenters. The molecule has 0 heterocycles. The lowest BCUT2D eigenvalue weighted by atomic mass is 10.4. The predicted molar refractivity (Wildman–Crippen MR) is 62.5 cm³/mol. The van der Waals surface area contributed by atoms with Gasteiger partial charge in [-0.2, -0.15) is 0 Å². The van der Waals surface area contributed by atoms with Crippen molar-refractivity contribution >= 4 is 17.6 Å². The number of aliphatic imine (C=N–C) groups is 1. The smallest absolute Gasteiger partial charge is 0.247 e. The monoisotopic (exact) mass is 226 g/mol. The maximum Gasteiger partial charge on any atom is 0.247 e. The SMILES string of the molecule is C/C=C\N=C(C)N(C)NC(=O)CC(=O)NC. The van der Waals surface area contributed by atoms with E-state index in [-0.39, 0.29) is 18.2 Å². The standard InChI is InChI=1S/C10H18N4O2/c1-5-6-12-8(2)14(4)13-10(16)7-9(15)11-3/h5-6H,7H2,1-4H3,(H,11,15)(H,13,16)/b6-5-,12-8?. The first-order valence-corrected chi connectivity index (χ1v) is 4.90. The van der Waals surface area contributed by atoms with E-state index >= 15 is 0 Å². The van der Waals surface area contributed by atoms with Crippen LogP contribution < -0.4 is 10.7 Å². The number of rotatable bonds is 3. The van der Waals surface area contributed by atoms with Gasteiger partial charge in [-0.3, -0.25) is 20.0 Å². The van der Waals surface area contributed by atoms with Crippen LogP contribution in [0.15, 0.2) is 17.3 Å². The first-order valence-electron chi connectivity index (χ1n) is 4.90. The Kier molecular flexibility index (Phi) is 6.58. The van der Waals surface area contributed by atoms with Crippen LogP contribution in [-0.4, -0.2) is 36.8 Å². The van der Waals surface area contributed by atoms with Gasteiger partial charge in [0.25, 0.3) is 0 Å². The van der Waals surface area contributed by atoms with E-state index in [1.54, 1.807) is 26.2 Å². The van der Waals surface area contributed by atoms with Crippen LogP contribution in [0.2, 0.25) is 0 Å². The van der Waals surface area contributed by atoms with E-state index in [9.17, 15) is 9.59 Å². The summed E-state index contributed by atoms with van der Waals surface area (Å²) in [5, 5.41) is 3.84. The predicted octanol–water partition coefficient (Wildman–Crippen LogP) is 0.0375. The van der Waals surface area contributed by atoms with E-state index < -0.39 is 0 Å². The molecule has 0 saturated heterocycles. The second-order valence-corrected chi connectivity index (χ2v) is 3.10. The van der Waals surface area contributed by atoms with Gasteiger partial charge in [-0.25, -0.2) is 4.99 Å². The number of nitrogens with zero attached hydrogens (tertiary/aromatic N) is 2. The Labute approximate surface area is 95.4 Å². The average Bonchev–Trinajstić information content (AvgIpc) is 2.25. The van der Waals surface area contributed by atoms with Crippen molar-refractivity contribution in [1.82, 2.24) is 15.8 Å². The van der Waals surface area contributed by atoms with Crippen LogP contribution in [0.5, 0.6) is 0 Å². The van der Waals surface area contributed by atoms with Gasteiger partial charge in [-0.15, -0.1) is 0 Å². The van der Waals surface area contributed by atoms with Crippen molar-refractivity contribution in [2.45, 2.75) is 20.3 Å². The molecule has 0 aromatic rings. The molecule has 0 rings (SSSR count). The fourth-order valence-electron chi connectivity index (χ4n) is 0.811. The van der Waals surface area contributed by atoms with Crippen molar-refractivity contribution in [1.29, 1.82) is 0 Å². The normalized spacial score (nSPS) is 11.4. The maximum absolute atomic E-state index is 11.3. The number of nitrogens with one attached hydrogen (secondary N) is 2. The van der Waals surface area contributed by atoms with E-state index in [1.807, 2.05) is 6.92 Å². The van der Waals surface area contributed by atoms with Crippen LogP contribution in [0, 0.1) is 0 Å². The Balaban J connectivity index is 4.18. The zero-order valence-corrected chi connectivity index (χ0v) is 10.1. The van der Waals surface area contributed by atoms with Crippen LogP contribution in [-0.2, 0) is 9.59 Å². The Hall–Kier alpha value is -1.85. The largest absolute Gasteiger partial charge is 0.359 e.